The molecule has 0 spiro atoms. The largest absolute Gasteiger partial charge is 0.396 e. The minimum absolute atomic E-state index is 0. The van der Waals surface area contributed by atoms with Gasteiger partial charge in [0.2, 0.25) is 0 Å². The molecule has 1 rings (SSSR count). The van der Waals surface area contributed by atoms with Crippen LogP contribution in [0.1, 0.15) is 51.2 Å². The summed E-state index contributed by atoms with van der Waals surface area (Å²) < 4.78 is 13.9. The van der Waals surface area contributed by atoms with Crippen molar-refractivity contribution in [3.63, 3.8) is 0 Å². The summed E-state index contributed by atoms with van der Waals surface area (Å²) in [6, 6.07) is 6.29. The van der Waals surface area contributed by atoms with E-state index in [0.29, 0.717) is 30.2 Å². The molecule has 0 heterocycles. The lowest BCUT2D eigenvalue weighted by molar-refractivity contribution is 0.169. The van der Waals surface area contributed by atoms with E-state index in [1.165, 1.54) is 18.2 Å². The Morgan fingerprint density at radius 3 is 2.50 bits per heavy atom. The third kappa shape index (κ3) is 7.46. The van der Waals surface area contributed by atoms with E-state index >= 15 is 0 Å². The molecule has 7 heteroatoms. The molecule has 0 amide bonds. The van der Waals surface area contributed by atoms with Crippen molar-refractivity contribution in [2.24, 2.45) is 10.4 Å². The number of benzene rings is 1. The molecule has 0 unspecified atom stereocenters. The van der Waals surface area contributed by atoms with Gasteiger partial charge in [0.25, 0.3) is 0 Å². The number of rotatable bonds is 9. The zero-order valence-corrected chi connectivity index (χ0v) is 18.1. The highest BCUT2D eigenvalue weighted by Gasteiger charge is 2.25. The van der Waals surface area contributed by atoms with Crippen molar-refractivity contribution in [1.29, 1.82) is 5.26 Å². The second kappa shape index (κ2) is 12.9. The maximum absolute atomic E-state index is 13.9. The topological polar surface area (TPSA) is 80.4 Å². The predicted molar refractivity (Wildman–Crippen MR) is 114 cm³/mol. The van der Waals surface area contributed by atoms with Crippen molar-refractivity contribution in [1.82, 2.24) is 10.6 Å². The third-order valence-electron chi connectivity index (χ3n) is 4.70. The third-order valence-corrected chi connectivity index (χ3v) is 4.70. The Balaban J connectivity index is 0.00000625. The lowest BCUT2D eigenvalue weighted by Gasteiger charge is -2.32. The summed E-state index contributed by atoms with van der Waals surface area (Å²) in [5.74, 6) is 0.240. The smallest absolute Gasteiger partial charge is 0.191 e. The van der Waals surface area contributed by atoms with Crippen LogP contribution in [0.3, 0.4) is 0 Å². The average molecular weight is 476 g/mol. The molecule has 1 aromatic carbocycles. The number of aliphatic hydroxyl groups is 1. The molecule has 0 saturated carbocycles. The Morgan fingerprint density at radius 1 is 1.27 bits per heavy atom. The van der Waals surface area contributed by atoms with E-state index in [1.807, 2.05) is 13.0 Å². The van der Waals surface area contributed by atoms with E-state index in [1.54, 1.807) is 0 Å². The van der Waals surface area contributed by atoms with Crippen molar-refractivity contribution in [2.75, 3.05) is 19.7 Å². The van der Waals surface area contributed by atoms with E-state index in [2.05, 4.69) is 29.5 Å². The summed E-state index contributed by atoms with van der Waals surface area (Å²) >= 11 is 0. The standard InChI is InChI=1S/C19H29FN4O.HI/c1-4-19(5-2,9-10-25)14-24-18(22-6-3)23-13-16-11-15(12-21)7-8-17(16)20;/h7-8,11,25H,4-6,9-10,13-14H2,1-3H3,(H2,22,23,24);1H. The van der Waals surface area contributed by atoms with Crippen molar-refractivity contribution < 1.29 is 9.50 Å². The van der Waals surface area contributed by atoms with Crippen molar-refractivity contribution in [3.8, 4) is 6.07 Å². The molecule has 0 radical (unpaired) electrons. The molecule has 0 aliphatic heterocycles. The average Bonchev–Trinajstić information content (AvgIpc) is 2.64. The lowest BCUT2D eigenvalue weighted by atomic mass is 9.79. The van der Waals surface area contributed by atoms with Crippen molar-refractivity contribution >= 4 is 29.9 Å². The molecule has 3 N–H and O–H groups in total. The van der Waals surface area contributed by atoms with E-state index in [0.717, 1.165) is 19.3 Å². The Kier molecular flexibility index (Phi) is 12.2. The summed E-state index contributed by atoms with van der Waals surface area (Å²) in [4.78, 5) is 4.43. The van der Waals surface area contributed by atoms with Gasteiger partial charge in [-0.1, -0.05) is 13.8 Å². The Bertz CT molecular complexity index is 612. The van der Waals surface area contributed by atoms with E-state index in [4.69, 9.17) is 5.26 Å². The fraction of sp³-hybridized carbons (Fsp3) is 0.579. The molecule has 0 aliphatic rings. The Morgan fingerprint density at radius 2 is 1.96 bits per heavy atom. The van der Waals surface area contributed by atoms with Gasteiger partial charge in [-0.2, -0.15) is 5.26 Å². The van der Waals surface area contributed by atoms with Gasteiger partial charge in [0.1, 0.15) is 5.82 Å². The predicted octanol–water partition coefficient (Wildman–Crippen LogP) is 3.56. The highest BCUT2D eigenvalue weighted by molar-refractivity contribution is 14.0. The van der Waals surface area contributed by atoms with Gasteiger partial charge >= 0.3 is 0 Å². The second-order valence-corrected chi connectivity index (χ2v) is 6.15. The first kappa shape index (κ1) is 24.6. The van der Waals surface area contributed by atoms with E-state index in [9.17, 15) is 9.50 Å². The molecule has 0 atom stereocenters. The first-order valence-electron chi connectivity index (χ1n) is 8.85. The van der Waals surface area contributed by atoms with Crippen LogP contribution in [0.25, 0.3) is 0 Å². The zero-order chi connectivity index (χ0) is 18.7. The minimum Gasteiger partial charge on any atom is -0.396 e. The maximum Gasteiger partial charge on any atom is 0.191 e. The van der Waals surface area contributed by atoms with Gasteiger partial charge in [0.15, 0.2) is 5.96 Å². The van der Waals surface area contributed by atoms with Crippen LogP contribution < -0.4 is 10.6 Å². The number of nitriles is 1. The maximum atomic E-state index is 13.9. The number of nitrogens with one attached hydrogen (secondary N) is 2. The minimum atomic E-state index is -0.365. The van der Waals surface area contributed by atoms with E-state index < -0.39 is 0 Å². The summed E-state index contributed by atoms with van der Waals surface area (Å²) in [6.45, 7) is 7.89. The Hall–Kier alpha value is -1.40. The van der Waals surface area contributed by atoms with Gasteiger partial charge in [-0.25, -0.2) is 9.38 Å². The number of guanidine groups is 1. The molecule has 0 aliphatic carbocycles. The zero-order valence-electron chi connectivity index (χ0n) is 15.8. The highest BCUT2D eigenvalue weighted by Crippen LogP contribution is 2.29. The summed E-state index contributed by atoms with van der Waals surface area (Å²) in [5.41, 5.74) is 0.823. The Labute approximate surface area is 173 Å². The molecule has 146 valence electrons. The summed E-state index contributed by atoms with van der Waals surface area (Å²) in [6.07, 6.45) is 2.63. The SMILES string of the molecule is CCNC(=NCc1cc(C#N)ccc1F)NCC(CC)(CC)CCO.I. The molecular formula is C19H30FIN4O. The monoisotopic (exact) mass is 476 g/mol. The molecule has 0 saturated heterocycles. The van der Waals surface area contributed by atoms with Crippen molar-refractivity contribution in [3.05, 3.63) is 35.1 Å². The fourth-order valence-corrected chi connectivity index (χ4v) is 2.72. The molecule has 1 aromatic rings. The van der Waals surface area contributed by atoms with Crippen LogP contribution in [0.5, 0.6) is 0 Å². The van der Waals surface area contributed by atoms with Crippen molar-refractivity contribution in [2.45, 2.75) is 46.6 Å². The van der Waals surface area contributed by atoms with Crippen LogP contribution in [0.15, 0.2) is 23.2 Å². The number of hydrogen-bond donors (Lipinski definition) is 3. The molecule has 26 heavy (non-hydrogen) atoms. The van der Waals surface area contributed by atoms with Gasteiger partial charge < -0.3 is 15.7 Å². The molecular weight excluding hydrogens is 446 g/mol. The van der Waals surface area contributed by atoms with Crippen LogP contribution in [0.4, 0.5) is 4.39 Å². The second-order valence-electron chi connectivity index (χ2n) is 6.15. The molecule has 0 bridgehead atoms. The van der Waals surface area contributed by atoms with Crippen LogP contribution in [0.2, 0.25) is 0 Å². The van der Waals surface area contributed by atoms with Gasteiger partial charge in [-0.05, 0) is 49.8 Å². The molecule has 0 aromatic heterocycles. The number of aliphatic imine (C=N–C) groups is 1. The van der Waals surface area contributed by atoms with Crippen LogP contribution in [-0.2, 0) is 6.54 Å². The van der Waals surface area contributed by atoms with Gasteiger partial charge in [0.05, 0.1) is 18.2 Å². The lowest BCUT2D eigenvalue weighted by Crippen LogP contribution is -2.43. The fourth-order valence-electron chi connectivity index (χ4n) is 2.72. The van der Waals surface area contributed by atoms with E-state index in [-0.39, 0.29) is 48.4 Å². The van der Waals surface area contributed by atoms with Crippen LogP contribution >= 0.6 is 24.0 Å². The van der Waals surface area contributed by atoms with Gasteiger partial charge in [0, 0.05) is 25.3 Å². The quantitative estimate of drug-likeness (QED) is 0.289. The van der Waals surface area contributed by atoms with Crippen LogP contribution in [-0.4, -0.2) is 30.8 Å². The molecule has 0 fully saturated rings. The summed E-state index contributed by atoms with van der Waals surface area (Å²) in [7, 11) is 0. The number of hydrogen-bond acceptors (Lipinski definition) is 3. The number of nitrogens with zero attached hydrogens (tertiary/aromatic N) is 2. The van der Waals surface area contributed by atoms with Crippen LogP contribution in [0, 0.1) is 22.6 Å². The molecule has 5 nitrogen and oxygen atoms in total. The first-order chi connectivity index (χ1) is 12.0. The number of halogens is 2. The number of aliphatic hydroxyl groups excluding tert-OH is 1. The normalized spacial score (nSPS) is 11.5. The van der Waals surface area contributed by atoms with Gasteiger partial charge in [-0.15, -0.1) is 24.0 Å². The first-order valence-corrected chi connectivity index (χ1v) is 8.85. The van der Waals surface area contributed by atoms with Gasteiger partial charge in [-0.3, -0.25) is 0 Å². The highest BCUT2D eigenvalue weighted by atomic mass is 127. The summed E-state index contributed by atoms with van der Waals surface area (Å²) in [5, 5.41) is 24.7.